The van der Waals surface area contributed by atoms with Crippen LogP contribution in [0.15, 0.2) is 36.4 Å². The van der Waals surface area contributed by atoms with Crippen molar-refractivity contribution in [2.24, 2.45) is 0 Å². The molecular weight excluding hydrogens is 334 g/mol. The highest BCUT2D eigenvalue weighted by molar-refractivity contribution is 5.99. The van der Waals surface area contributed by atoms with Gasteiger partial charge in [0.2, 0.25) is 5.91 Å². The van der Waals surface area contributed by atoms with E-state index in [0.717, 1.165) is 5.56 Å². The summed E-state index contributed by atoms with van der Waals surface area (Å²) in [6, 6.07) is 10.8. The van der Waals surface area contributed by atoms with Crippen molar-refractivity contribution < 1.29 is 23.7 Å². The number of rotatable bonds is 5. The van der Waals surface area contributed by atoms with Crippen molar-refractivity contribution in [3.63, 3.8) is 0 Å². The third-order valence-electron chi connectivity index (χ3n) is 4.49. The third-order valence-corrected chi connectivity index (χ3v) is 4.49. The molecule has 0 saturated heterocycles. The lowest BCUT2D eigenvalue weighted by Crippen LogP contribution is -2.35. The molecule has 2 aromatic rings. The number of fused-ring (bicyclic) bond motifs is 1. The average Bonchev–Trinajstić information content (AvgIpc) is 2.67. The second-order valence-corrected chi connectivity index (χ2v) is 6.50. The van der Waals surface area contributed by atoms with E-state index in [1.54, 1.807) is 32.4 Å². The summed E-state index contributed by atoms with van der Waals surface area (Å²) in [7, 11) is 3.13. The van der Waals surface area contributed by atoms with Gasteiger partial charge in [-0.2, -0.15) is 0 Å². The maximum atomic E-state index is 13.0. The van der Waals surface area contributed by atoms with Crippen molar-refractivity contribution in [3.05, 3.63) is 42.0 Å². The number of benzene rings is 2. The molecule has 1 aliphatic rings. The van der Waals surface area contributed by atoms with Crippen LogP contribution in [0.5, 0.6) is 23.0 Å². The number of hydrogen-bond acceptors (Lipinski definition) is 5. The molecule has 6 nitrogen and oxygen atoms in total. The van der Waals surface area contributed by atoms with Crippen molar-refractivity contribution in [2.75, 3.05) is 32.8 Å². The molecule has 0 radical (unpaired) electrons. The number of nitrogens with one attached hydrogen (secondary N) is 1. The monoisotopic (exact) mass is 357 g/mol. The van der Waals surface area contributed by atoms with Crippen LogP contribution in [-0.2, 0) is 10.2 Å². The lowest BCUT2D eigenvalue weighted by atomic mass is 9.83. The van der Waals surface area contributed by atoms with E-state index in [4.69, 9.17) is 18.9 Å². The molecule has 0 unspecified atom stereocenters. The Balaban J connectivity index is 1.84. The quantitative estimate of drug-likeness (QED) is 0.888. The van der Waals surface area contributed by atoms with Crippen LogP contribution in [-0.4, -0.2) is 33.3 Å². The second kappa shape index (κ2) is 7.15. The zero-order valence-electron chi connectivity index (χ0n) is 15.4. The number of hydrogen-bond donors (Lipinski definition) is 1. The van der Waals surface area contributed by atoms with E-state index < -0.39 is 5.41 Å². The molecule has 0 saturated carbocycles. The summed E-state index contributed by atoms with van der Waals surface area (Å²) < 4.78 is 21.7. The number of carbonyl (C=O) groups is 1. The molecule has 2 aromatic carbocycles. The zero-order valence-corrected chi connectivity index (χ0v) is 15.4. The van der Waals surface area contributed by atoms with Gasteiger partial charge in [0, 0.05) is 6.07 Å². The Labute approximate surface area is 153 Å². The smallest absolute Gasteiger partial charge is 0.234 e. The standard InChI is InChI=1S/C20H23NO5/c1-20(2,13-5-8-16-18(11-13)26-10-9-25-16)19(22)21-15-7-6-14(23-3)12-17(15)24-4/h5-8,11-12H,9-10H2,1-4H3,(H,21,22). The average molecular weight is 357 g/mol. The summed E-state index contributed by atoms with van der Waals surface area (Å²) >= 11 is 0. The Morgan fingerprint density at radius 3 is 2.42 bits per heavy atom. The number of amides is 1. The predicted octanol–water partition coefficient (Wildman–Crippen LogP) is 3.39. The van der Waals surface area contributed by atoms with Gasteiger partial charge in [-0.3, -0.25) is 4.79 Å². The van der Waals surface area contributed by atoms with Crippen molar-refractivity contribution in [1.82, 2.24) is 0 Å². The Bertz CT molecular complexity index is 816. The van der Waals surface area contributed by atoms with Crippen molar-refractivity contribution in [1.29, 1.82) is 0 Å². The Kier molecular flexibility index (Phi) is 4.93. The number of methoxy groups -OCH3 is 2. The van der Waals surface area contributed by atoms with E-state index in [1.165, 1.54) is 0 Å². The second-order valence-electron chi connectivity index (χ2n) is 6.50. The molecule has 0 bridgehead atoms. The van der Waals surface area contributed by atoms with Gasteiger partial charge in [-0.1, -0.05) is 6.07 Å². The summed E-state index contributed by atoms with van der Waals surface area (Å²) in [6.45, 7) is 4.77. The highest BCUT2D eigenvalue weighted by atomic mass is 16.6. The molecule has 1 aliphatic heterocycles. The van der Waals surface area contributed by atoms with Crippen LogP contribution >= 0.6 is 0 Å². The van der Waals surface area contributed by atoms with Crippen LogP contribution in [0.25, 0.3) is 0 Å². The molecule has 1 N–H and O–H groups in total. The molecule has 1 heterocycles. The fourth-order valence-corrected chi connectivity index (χ4v) is 2.74. The predicted molar refractivity (Wildman–Crippen MR) is 98.6 cm³/mol. The van der Waals surface area contributed by atoms with Gasteiger partial charge < -0.3 is 24.3 Å². The van der Waals surface area contributed by atoms with E-state index in [9.17, 15) is 4.79 Å². The van der Waals surface area contributed by atoms with Crippen molar-refractivity contribution >= 4 is 11.6 Å². The van der Waals surface area contributed by atoms with Gasteiger partial charge in [-0.25, -0.2) is 0 Å². The van der Waals surface area contributed by atoms with Crippen molar-refractivity contribution in [3.8, 4) is 23.0 Å². The van der Waals surface area contributed by atoms with Crippen LogP contribution in [0.4, 0.5) is 5.69 Å². The topological polar surface area (TPSA) is 66.0 Å². The first-order chi connectivity index (χ1) is 12.5. The fourth-order valence-electron chi connectivity index (χ4n) is 2.74. The first kappa shape index (κ1) is 17.9. The number of carbonyl (C=O) groups excluding carboxylic acids is 1. The molecule has 0 atom stereocenters. The Morgan fingerprint density at radius 2 is 1.73 bits per heavy atom. The van der Waals surface area contributed by atoms with E-state index in [1.807, 2.05) is 32.0 Å². The molecule has 6 heteroatoms. The van der Waals surface area contributed by atoms with E-state index in [0.29, 0.717) is 41.9 Å². The summed E-state index contributed by atoms with van der Waals surface area (Å²) in [5.41, 5.74) is 0.650. The lowest BCUT2D eigenvalue weighted by Gasteiger charge is -2.27. The SMILES string of the molecule is COc1ccc(NC(=O)C(C)(C)c2ccc3c(c2)OCCO3)c(OC)c1. The first-order valence-corrected chi connectivity index (χ1v) is 8.39. The molecule has 0 fully saturated rings. The summed E-state index contributed by atoms with van der Waals surface area (Å²) in [5.74, 6) is 2.41. The maximum Gasteiger partial charge on any atom is 0.234 e. The molecule has 0 spiro atoms. The molecule has 138 valence electrons. The van der Waals surface area contributed by atoms with Crippen LogP contribution in [0, 0.1) is 0 Å². The number of anilines is 1. The van der Waals surface area contributed by atoms with Gasteiger partial charge in [-0.15, -0.1) is 0 Å². The van der Waals surface area contributed by atoms with Crippen LogP contribution in [0.3, 0.4) is 0 Å². The zero-order chi connectivity index (χ0) is 18.7. The fraction of sp³-hybridized carbons (Fsp3) is 0.350. The van der Waals surface area contributed by atoms with Gasteiger partial charge in [-0.05, 0) is 43.7 Å². The maximum absolute atomic E-state index is 13.0. The minimum absolute atomic E-state index is 0.155. The summed E-state index contributed by atoms with van der Waals surface area (Å²) in [4.78, 5) is 13.0. The van der Waals surface area contributed by atoms with E-state index in [2.05, 4.69) is 5.32 Å². The van der Waals surface area contributed by atoms with Crippen LogP contribution in [0.2, 0.25) is 0 Å². The van der Waals surface area contributed by atoms with Crippen LogP contribution < -0.4 is 24.3 Å². The Morgan fingerprint density at radius 1 is 1.00 bits per heavy atom. The molecule has 1 amide bonds. The number of ether oxygens (including phenoxy) is 4. The minimum Gasteiger partial charge on any atom is -0.497 e. The molecule has 0 aliphatic carbocycles. The molecule has 0 aromatic heterocycles. The van der Waals surface area contributed by atoms with Crippen molar-refractivity contribution in [2.45, 2.75) is 19.3 Å². The van der Waals surface area contributed by atoms with Gasteiger partial charge in [0.25, 0.3) is 0 Å². The normalized spacial score (nSPS) is 13.1. The highest BCUT2D eigenvalue weighted by Gasteiger charge is 2.32. The van der Waals surface area contributed by atoms with Crippen LogP contribution in [0.1, 0.15) is 19.4 Å². The van der Waals surface area contributed by atoms with Gasteiger partial charge in [0.05, 0.1) is 25.3 Å². The molecule has 3 rings (SSSR count). The first-order valence-electron chi connectivity index (χ1n) is 8.39. The highest BCUT2D eigenvalue weighted by Crippen LogP contribution is 2.36. The molecule has 26 heavy (non-hydrogen) atoms. The lowest BCUT2D eigenvalue weighted by molar-refractivity contribution is -0.120. The summed E-state index contributed by atoms with van der Waals surface area (Å²) in [6.07, 6.45) is 0. The third kappa shape index (κ3) is 3.40. The largest absolute Gasteiger partial charge is 0.497 e. The van der Waals surface area contributed by atoms with Gasteiger partial charge in [0.1, 0.15) is 24.7 Å². The summed E-state index contributed by atoms with van der Waals surface area (Å²) in [5, 5.41) is 2.94. The minimum atomic E-state index is -0.777. The van der Waals surface area contributed by atoms with E-state index >= 15 is 0 Å². The molecular formula is C20H23NO5. The van der Waals surface area contributed by atoms with Gasteiger partial charge >= 0.3 is 0 Å². The van der Waals surface area contributed by atoms with Gasteiger partial charge in [0.15, 0.2) is 11.5 Å². The Hall–Kier alpha value is -2.89. The van der Waals surface area contributed by atoms with E-state index in [-0.39, 0.29) is 5.91 Å².